The predicted molar refractivity (Wildman–Crippen MR) is 81.2 cm³/mol. The number of hydrogen-bond acceptors (Lipinski definition) is 6. The first-order valence-electron chi connectivity index (χ1n) is 8.15. The summed E-state index contributed by atoms with van der Waals surface area (Å²) in [6.07, 6.45) is -0.364. The third kappa shape index (κ3) is 5.59. The molecule has 22 heavy (non-hydrogen) atoms. The lowest BCUT2D eigenvalue weighted by molar-refractivity contribution is -0.282. The molecular formula is C16H30O6. The molecule has 0 saturated carbocycles. The molecule has 3 N–H and O–H groups in total. The van der Waals surface area contributed by atoms with Crippen LogP contribution in [0.2, 0.25) is 0 Å². The number of ether oxygens (including phenoxy) is 2. The van der Waals surface area contributed by atoms with Crippen LogP contribution in [0.4, 0.5) is 0 Å². The highest BCUT2D eigenvalue weighted by molar-refractivity contribution is 5.80. The molecule has 5 atom stereocenters. The zero-order chi connectivity index (χ0) is 16.7. The maximum Gasteiger partial charge on any atom is 0.163 e. The SMILES string of the molecule is CC(C)C(=O)CCCCCOC1OC(CO)C(O)C(O)C1C. The first kappa shape index (κ1) is 19.5. The molecule has 0 aliphatic carbocycles. The standard InChI is InChI=1S/C16H30O6/c1-10(2)12(18)7-5-4-6-8-21-16-11(3)14(19)15(20)13(9-17)22-16/h10-11,13-17,19-20H,4-9H2,1-3H3. The number of aliphatic hydroxyl groups excluding tert-OH is 3. The van der Waals surface area contributed by atoms with Gasteiger partial charge in [-0.25, -0.2) is 0 Å². The fraction of sp³-hybridized carbons (Fsp3) is 0.938. The van der Waals surface area contributed by atoms with E-state index in [0.29, 0.717) is 13.0 Å². The van der Waals surface area contributed by atoms with Crippen molar-refractivity contribution in [3.05, 3.63) is 0 Å². The third-order valence-electron chi connectivity index (χ3n) is 4.18. The van der Waals surface area contributed by atoms with E-state index in [2.05, 4.69) is 0 Å². The highest BCUT2D eigenvalue weighted by atomic mass is 16.7. The molecule has 1 aliphatic rings. The minimum atomic E-state index is -1.10. The summed E-state index contributed by atoms with van der Waals surface area (Å²) in [5, 5.41) is 28.8. The molecule has 0 aromatic heterocycles. The number of carbonyl (C=O) groups excluding carboxylic acids is 1. The largest absolute Gasteiger partial charge is 0.394 e. The first-order valence-corrected chi connectivity index (χ1v) is 8.15. The summed E-state index contributed by atoms with van der Waals surface area (Å²) in [6.45, 7) is 5.66. The highest BCUT2D eigenvalue weighted by Crippen LogP contribution is 2.26. The average molecular weight is 318 g/mol. The quantitative estimate of drug-likeness (QED) is 0.546. The van der Waals surface area contributed by atoms with Crippen molar-refractivity contribution in [3.8, 4) is 0 Å². The van der Waals surface area contributed by atoms with Crippen LogP contribution in [0.3, 0.4) is 0 Å². The molecule has 1 fully saturated rings. The molecule has 0 aromatic rings. The Morgan fingerprint density at radius 3 is 2.45 bits per heavy atom. The van der Waals surface area contributed by atoms with Gasteiger partial charge in [0.05, 0.1) is 12.7 Å². The van der Waals surface area contributed by atoms with Crippen molar-refractivity contribution < 1.29 is 29.6 Å². The van der Waals surface area contributed by atoms with Crippen LogP contribution in [0.25, 0.3) is 0 Å². The van der Waals surface area contributed by atoms with Crippen molar-refractivity contribution in [1.82, 2.24) is 0 Å². The van der Waals surface area contributed by atoms with E-state index in [4.69, 9.17) is 14.6 Å². The number of ketones is 1. The van der Waals surface area contributed by atoms with Gasteiger partial charge < -0.3 is 24.8 Å². The molecule has 6 nitrogen and oxygen atoms in total. The Morgan fingerprint density at radius 2 is 1.86 bits per heavy atom. The molecule has 0 bridgehead atoms. The van der Waals surface area contributed by atoms with Crippen molar-refractivity contribution >= 4 is 5.78 Å². The van der Waals surface area contributed by atoms with E-state index in [9.17, 15) is 15.0 Å². The van der Waals surface area contributed by atoms with Gasteiger partial charge in [0.15, 0.2) is 6.29 Å². The Labute approximate surface area is 132 Å². The molecule has 0 spiro atoms. The number of Topliss-reactive ketones (excluding diaryl/α,β-unsaturated/α-hetero) is 1. The Morgan fingerprint density at radius 1 is 1.18 bits per heavy atom. The fourth-order valence-corrected chi connectivity index (χ4v) is 2.48. The van der Waals surface area contributed by atoms with Gasteiger partial charge in [-0.15, -0.1) is 0 Å². The molecule has 1 aliphatic heterocycles. The highest BCUT2D eigenvalue weighted by Gasteiger charge is 2.42. The van der Waals surface area contributed by atoms with Crippen molar-refractivity contribution in [2.45, 2.75) is 71.1 Å². The molecule has 1 rings (SSSR count). The summed E-state index contributed by atoms with van der Waals surface area (Å²) >= 11 is 0. The molecule has 5 unspecified atom stereocenters. The first-order chi connectivity index (χ1) is 10.4. The van der Waals surface area contributed by atoms with E-state index in [0.717, 1.165) is 19.3 Å². The van der Waals surface area contributed by atoms with Gasteiger partial charge in [-0.05, 0) is 12.8 Å². The summed E-state index contributed by atoms with van der Waals surface area (Å²) in [4.78, 5) is 11.5. The van der Waals surface area contributed by atoms with E-state index in [1.807, 2.05) is 13.8 Å². The second-order valence-electron chi connectivity index (χ2n) is 6.37. The maximum atomic E-state index is 11.5. The maximum absolute atomic E-state index is 11.5. The van der Waals surface area contributed by atoms with Gasteiger partial charge in [0.2, 0.25) is 0 Å². The van der Waals surface area contributed by atoms with Crippen molar-refractivity contribution in [1.29, 1.82) is 0 Å². The third-order valence-corrected chi connectivity index (χ3v) is 4.18. The van der Waals surface area contributed by atoms with Crippen molar-refractivity contribution in [2.24, 2.45) is 11.8 Å². The lowest BCUT2D eigenvalue weighted by Gasteiger charge is -2.40. The summed E-state index contributed by atoms with van der Waals surface area (Å²) in [5.74, 6) is 0.0180. The number of carbonyl (C=O) groups is 1. The van der Waals surface area contributed by atoms with Crippen LogP contribution < -0.4 is 0 Å². The van der Waals surface area contributed by atoms with E-state index < -0.39 is 24.6 Å². The number of hydrogen-bond donors (Lipinski definition) is 3. The Balaban J connectivity index is 2.22. The summed E-state index contributed by atoms with van der Waals surface area (Å²) in [6, 6.07) is 0. The normalized spacial score (nSPS) is 32.4. The lowest BCUT2D eigenvalue weighted by atomic mass is 9.92. The predicted octanol–water partition coefficient (Wildman–Crippen LogP) is 0.864. The number of unbranched alkanes of at least 4 members (excludes halogenated alkanes) is 2. The molecule has 1 heterocycles. The van der Waals surface area contributed by atoms with Gasteiger partial charge >= 0.3 is 0 Å². The minimum absolute atomic E-state index is 0.0936. The van der Waals surface area contributed by atoms with Gasteiger partial charge in [0.1, 0.15) is 18.0 Å². The van der Waals surface area contributed by atoms with Gasteiger partial charge in [-0.1, -0.05) is 27.2 Å². The summed E-state index contributed by atoms with van der Waals surface area (Å²) < 4.78 is 11.1. The monoisotopic (exact) mass is 318 g/mol. The topological polar surface area (TPSA) is 96.2 Å². The molecule has 0 aromatic carbocycles. The van der Waals surface area contributed by atoms with Crippen LogP contribution in [-0.4, -0.2) is 58.9 Å². The van der Waals surface area contributed by atoms with Gasteiger partial charge in [-0.3, -0.25) is 4.79 Å². The lowest BCUT2D eigenvalue weighted by Crippen LogP contribution is -2.55. The van der Waals surface area contributed by atoms with Crippen LogP contribution in [0.15, 0.2) is 0 Å². The number of rotatable bonds is 9. The summed E-state index contributed by atoms with van der Waals surface area (Å²) in [5.41, 5.74) is 0. The van der Waals surface area contributed by atoms with Crippen molar-refractivity contribution in [2.75, 3.05) is 13.2 Å². The molecule has 130 valence electrons. The van der Waals surface area contributed by atoms with E-state index in [-0.39, 0.29) is 24.2 Å². The zero-order valence-corrected chi connectivity index (χ0v) is 13.8. The second kappa shape index (κ2) is 9.57. The molecule has 1 saturated heterocycles. The van der Waals surface area contributed by atoms with Crippen LogP contribution in [0.5, 0.6) is 0 Å². The molecule has 6 heteroatoms. The van der Waals surface area contributed by atoms with Gasteiger partial charge in [-0.2, -0.15) is 0 Å². The van der Waals surface area contributed by atoms with E-state index in [1.165, 1.54) is 0 Å². The molecular weight excluding hydrogens is 288 g/mol. The minimum Gasteiger partial charge on any atom is -0.394 e. The second-order valence-corrected chi connectivity index (χ2v) is 6.37. The van der Waals surface area contributed by atoms with E-state index in [1.54, 1.807) is 6.92 Å². The Kier molecular flexibility index (Phi) is 8.49. The Hall–Kier alpha value is -0.530. The van der Waals surface area contributed by atoms with Gasteiger partial charge in [0.25, 0.3) is 0 Å². The van der Waals surface area contributed by atoms with Crippen LogP contribution >= 0.6 is 0 Å². The van der Waals surface area contributed by atoms with Crippen molar-refractivity contribution in [3.63, 3.8) is 0 Å². The van der Waals surface area contributed by atoms with Crippen LogP contribution in [0.1, 0.15) is 46.5 Å². The van der Waals surface area contributed by atoms with E-state index >= 15 is 0 Å². The zero-order valence-electron chi connectivity index (χ0n) is 13.8. The Bertz CT molecular complexity index is 331. The molecule has 0 radical (unpaired) electrons. The number of aliphatic hydroxyl groups is 3. The van der Waals surface area contributed by atoms with Gasteiger partial charge in [0, 0.05) is 24.9 Å². The fourth-order valence-electron chi connectivity index (χ4n) is 2.48. The summed E-state index contributed by atoms with van der Waals surface area (Å²) in [7, 11) is 0. The van der Waals surface area contributed by atoms with Crippen LogP contribution in [0, 0.1) is 11.8 Å². The van der Waals surface area contributed by atoms with Crippen LogP contribution in [-0.2, 0) is 14.3 Å². The molecule has 0 amide bonds. The average Bonchev–Trinajstić information content (AvgIpc) is 2.49. The smallest absolute Gasteiger partial charge is 0.163 e.